The average Bonchev–Trinajstić information content (AvgIpc) is 2.96. The van der Waals surface area contributed by atoms with Crippen molar-refractivity contribution >= 4 is 27.4 Å². The van der Waals surface area contributed by atoms with Gasteiger partial charge in [0.05, 0.1) is 0 Å². The number of likely N-dealkylation sites (tertiary alicyclic amines) is 1. The minimum Gasteiger partial charge on any atom is -0.477 e. The summed E-state index contributed by atoms with van der Waals surface area (Å²) in [6.45, 7) is 3.61. The maximum absolute atomic E-state index is 14.1. The highest BCUT2D eigenvalue weighted by atomic mass is 32.1. The van der Waals surface area contributed by atoms with Gasteiger partial charge in [0.2, 0.25) is 0 Å². The zero-order valence-electron chi connectivity index (χ0n) is 11.2. The van der Waals surface area contributed by atoms with Gasteiger partial charge in [0.15, 0.2) is 0 Å². The highest BCUT2D eigenvalue weighted by Crippen LogP contribution is 2.35. The molecule has 0 spiro atoms. The van der Waals surface area contributed by atoms with Crippen molar-refractivity contribution in [3.8, 4) is 0 Å². The molecule has 0 radical (unpaired) electrons. The standard InChI is InChI=1S/C15H16FNO2S/c1-9-4-3-7-17(9)8-10-13-11(16)5-2-6-12(13)20-14(10)15(18)19/h2,5-6,9H,3-4,7-8H2,1H3,(H,18,19). The van der Waals surface area contributed by atoms with Crippen molar-refractivity contribution in [3.05, 3.63) is 34.5 Å². The molecule has 106 valence electrons. The monoisotopic (exact) mass is 293 g/mol. The van der Waals surface area contributed by atoms with E-state index in [0.717, 1.165) is 30.7 Å². The van der Waals surface area contributed by atoms with Crippen molar-refractivity contribution in [1.29, 1.82) is 0 Å². The number of hydrogen-bond acceptors (Lipinski definition) is 3. The number of carbonyl (C=O) groups is 1. The Balaban J connectivity index is 2.11. The van der Waals surface area contributed by atoms with Gasteiger partial charge in [-0.1, -0.05) is 6.07 Å². The highest BCUT2D eigenvalue weighted by molar-refractivity contribution is 7.21. The summed E-state index contributed by atoms with van der Waals surface area (Å²) in [5, 5.41) is 9.85. The van der Waals surface area contributed by atoms with E-state index in [4.69, 9.17) is 0 Å². The lowest BCUT2D eigenvalue weighted by molar-refractivity contribution is 0.0700. The van der Waals surface area contributed by atoms with Crippen molar-refractivity contribution in [2.45, 2.75) is 32.4 Å². The molecule has 0 bridgehead atoms. The number of carboxylic acids is 1. The van der Waals surface area contributed by atoms with Gasteiger partial charge in [-0.15, -0.1) is 11.3 Å². The molecule has 2 aromatic rings. The SMILES string of the molecule is CC1CCCN1Cc1c(C(=O)O)sc2cccc(F)c12. The van der Waals surface area contributed by atoms with E-state index < -0.39 is 5.97 Å². The summed E-state index contributed by atoms with van der Waals surface area (Å²) >= 11 is 1.16. The molecule has 1 atom stereocenters. The molecular formula is C15H16FNO2S. The third-order valence-electron chi connectivity index (χ3n) is 4.01. The maximum atomic E-state index is 14.1. The molecule has 1 unspecified atom stereocenters. The Hall–Kier alpha value is -1.46. The normalized spacial score (nSPS) is 19.8. The molecule has 5 heteroatoms. The first-order valence-corrected chi connectivity index (χ1v) is 7.57. The van der Waals surface area contributed by atoms with Gasteiger partial charge in [0, 0.05) is 28.2 Å². The van der Waals surface area contributed by atoms with Crippen LogP contribution in [0.2, 0.25) is 0 Å². The summed E-state index contributed by atoms with van der Waals surface area (Å²) in [5.74, 6) is -1.29. The fraction of sp³-hybridized carbons (Fsp3) is 0.400. The van der Waals surface area contributed by atoms with Gasteiger partial charge in [-0.3, -0.25) is 4.90 Å². The van der Waals surface area contributed by atoms with Crippen molar-refractivity contribution in [2.24, 2.45) is 0 Å². The molecule has 1 N–H and O–H groups in total. The number of hydrogen-bond donors (Lipinski definition) is 1. The lowest BCUT2D eigenvalue weighted by Crippen LogP contribution is -2.26. The fourth-order valence-corrected chi connectivity index (χ4v) is 3.99. The van der Waals surface area contributed by atoms with Gasteiger partial charge in [0.1, 0.15) is 10.7 Å². The maximum Gasteiger partial charge on any atom is 0.346 e. The van der Waals surface area contributed by atoms with E-state index in [0.29, 0.717) is 28.2 Å². The van der Waals surface area contributed by atoms with Crippen LogP contribution < -0.4 is 0 Å². The van der Waals surface area contributed by atoms with E-state index in [9.17, 15) is 14.3 Å². The molecule has 0 saturated carbocycles. The number of nitrogens with zero attached hydrogens (tertiary/aromatic N) is 1. The number of rotatable bonds is 3. The molecular weight excluding hydrogens is 277 g/mol. The minimum absolute atomic E-state index is 0.268. The molecule has 0 aliphatic carbocycles. The molecule has 1 aromatic heterocycles. The van der Waals surface area contributed by atoms with Gasteiger partial charge in [-0.2, -0.15) is 0 Å². The van der Waals surface area contributed by atoms with Crippen LogP contribution in [0.25, 0.3) is 10.1 Å². The third kappa shape index (κ3) is 2.21. The first kappa shape index (κ1) is 13.5. The Labute approximate surface area is 120 Å². The Morgan fingerprint density at radius 2 is 2.35 bits per heavy atom. The average molecular weight is 293 g/mol. The number of halogens is 1. The second kappa shape index (κ2) is 5.14. The molecule has 1 aliphatic rings. The second-order valence-electron chi connectivity index (χ2n) is 5.29. The van der Waals surface area contributed by atoms with Crippen LogP contribution in [-0.4, -0.2) is 28.6 Å². The van der Waals surface area contributed by atoms with Crippen LogP contribution >= 0.6 is 11.3 Å². The van der Waals surface area contributed by atoms with Crippen LogP contribution in [-0.2, 0) is 6.54 Å². The van der Waals surface area contributed by atoms with E-state index in [2.05, 4.69) is 11.8 Å². The van der Waals surface area contributed by atoms with Gasteiger partial charge >= 0.3 is 5.97 Å². The van der Waals surface area contributed by atoms with E-state index >= 15 is 0 Å². The summed E-state index contributed by atoms with van der Waals surface area (Å²) in [4.78, 5) is 13.9. The van der Waals surface area contributed by atoms with Gasteiger partial charge in [-0.05, 0) is 38.4 Å². The molecule has 3 rings (SSSR count). The zero-order chi connectivity index (χ0) is 14.3. The molecule has 1 fully saturated rings. The van der Waals surface area contributed by atoms with E-state index in [-0.39, 0.29) is 10.7 Å². The summed E-state index contributed by atoms with van der Waals surface area (Å²) in [6, 6.07) is 5.24. The van der Waals surface area contributed by atoms with Crippen molar-refractivity contribution < 1.29 is 14.3 Å². The fourth-order valence-electron chi connectivity index (χ4n) is 2.92. The summed E-state index contributed by atoms with van der Waals surface area (Å²) in [7, 11) is 0. The molecule has 2 heterocycles. The van der Waals surface area contributed by atoms with Crippen LogP contribution in [0.15, 0.2) is 18.2 Å². The lowest BCUT2D eigenvalue weighted by atomic mass is 10.1. The van der Waals surface area contributed by atoms with E-state index in [1.54, 1.807) is 12.1 Å². The minimum atomic E-state index is -0.965. The van der Waals surface area contributed by atoms with Gasteiger partial charge in [0.25, 0.3) is 0 Å². The quantitative estimate of drug-likeness (QED) is 0.937. The Morgan fingerprint density at radius 3 is 3.00 bits per heavy atom. The lowest BCUT2D eigenvalue weighted by Gasteiger charge is -2.21. The Morgan fingerprint density at radius 1 is 1.55 bits per heavy atom. The van der Waals surface area contributed by atoms with Crippen LogP contribution in [0.1, 0.15) is 35.0 Å². The van der Waals surface area contributed by atoms with Gasteiger partial charge < -0.3 is 5.11 Å². The largest absolute Gasteiger partial charge is 0.477 e. The number of carboxylic acid groups (broad SMARTS) is 1. The highest BCUT2D eigenvalue weighted by Gasteiger charge is 2.26. The van der Waals surface area contributed by atoms with Crippen molar-refractivity contribution in [3.63, 3.8) is 0 Å². The smallest absolute Gasteiger partial charge is 0.346 e. The molecule has 3 nitrogen and oxygen atoms in total. The van der Waals surface area contributed by atoms with Crippen molar-refractivity contribution in [1.82, 2.24) is 4.90 Å². The predicted molar refractivity (Wildman–Crippen MR) is 77.8 cm³/mol. The van der Waals surface area contributed by atoms with Crippen LogP contribution in [0, 0.1) is 5.82 Å². The zero-order valence-corrected chi connectivity index (χ0v) is 12.0. The predicted octanol–water partition coefficient (Wildman–Crippen LogP) is 3.72. The Kier molecular flexibility index (Phi) is 3.48. The number of benzene rings is 1. The van der Waals surface area contributed by atoms with Crippen LogP contribution in [0.4, 0.5) is 4.39 Å². The molecule has 0 amide bonds. The first-order chi connectivity index (χ1) is 9.58. The second-order valence-corrected chi connectivity index (χ2v) is 6.34. The summed E-state index contributed by atoms with van der Waals surface area (Å²) in [6.07, 6.45) is 2.24. The molecule has 20 heavy (non-hydrogen) atoms. The van der Waals surface area contributed by atoms with E-state index in [1.807, 2.05) is 0 Å². The summed E-state index contributed by atoms with van der Waals surface area (Å²) < 4.78 is 14.8. The van der Waals surface area contributed by atoms with Crippen LogP contribution in [0.5, 0.6) is 0 Å². The van der Waals surface area contributed by atoms with Gasteiger partial charge in [-0.25, -0.2) is 9.18 Å². The van der Waals surface area contributed by atoms with Crippen LogP contribution in [0.3, 0.4) is 0 Å². The topological polar surface area (TPSA) is 40.5 Å². The van der Waals surface area contributed by atoms with Crippen molar-refractivity contribution in [2.75, 3.05) is 6.54 Å². The summed E-state index contributed by atoms with van der Waals surface area (Å²) in [5.41, 5.74) is 0.629. The Bertz CT molecular complexity index is 667. The molecule has 1 aliphatic heterocycles. The molecule has 1 aromatic carbocycles. The first-order valence-electron chi connectivity index (χ1n) is 6.75. The number of thiophene rings is 1. The third-order valence-corrected chi connectivity index (χ3v) is 5.19. The van der Waals surface area contributed by atoms with E-state index in [1.165, 1.54) is 6.07 Å². The number of aromatic carboxylic acids is 1. The number of fused-ring (bicyclic) bond motifs is 1. The molecule has 1 saturated heterocycles.